The van der Waals surface area contributed by atoms with Gasteiger partial charge in [0.25, 0.3) is 0 Å². The fourth-order valence-electron chi connectivity index (χ4n) is 3.28. The molecule has 0 aromatic heterocycles. The van der Waals surface area contributed by atoms with Gasteiger partial charge in [0.1, 0.15) is 5.84 Å². The first-order valence-corrected chi connectivity index (χ1v) is 10.3. The zero-order valence-electron chi connectivity index (χ0n) is 15.8. The molecule has 0 aromatic rings. The van der Waals surface area contributed by atoms with Crippen LogP contribution in [0, 0.1) is 0 Å². The number of rotatable bonds is 16. The maximum Gasteiger partial charge on any atom is 0.123 e. The van der Waals surface area contributed by atoms with E-state index in [-0.39, 0.29) is 0 Å². The van der Waals surface area contributed by atoms with Gasteiger partial charge in [-0.25, -0.2) is 5.06 Å². The lowest BCUT2D eigenvalue weighted by Crippen LogP contribution is -2.27. The summed E-state index contributed by atoms with van der Waals surface area (Å²) in [6, 6.07) is 0. The van der Waals surface area contributed by atoms with E-state index < -0.39 is 0 Å². The molecule has 0 N–H and O–H groups in total. The van der Waals surface area contributed by atoms with Crippen LogP contribution in [0.25, 0.3) is 0 Å². The second-order valence-electron chi connectivity index (χ2n) is 6.81. The van der Waals surface area contributed by atoms with Crippen molar-refractivity contribution in [2.45, 2.75) is 104 Å². The van der Waals surface area contributed by atoms with Crippen molar-refractivity contribution in [1.82, 2.24) is 5.06 Å². The van der Waals surface area contributed by atoms with Gasteiger partial charge >= 0.3 is 0 Å². The van der Waals surface area contributed by atoms with Gasteiger partial charge in [0, 0.05) is 6.42 Å². The fraction of sp³-hybridized carbons (Fsp3) is 0.950. The van der Waals surface area contributed by atoms with Crippen LogP contribution in [-0.2, 0) is 4.84 Å². The average molecular weight is 325 g/mol. The lowest BCUT2D eigenvalue weighted by molar-refractivity contribution is -0.0864. The third-order valence-electron chi connectivity index (χ3n) is 4.67. The zero-order chi connectivity index (χ0) is 16.6. The molecule has 1 aliphatic heterocycles. The first-order chi connectivity index (χ1) is 11.4. The molecule has 0 unspecified atom stereocenters. The van der Waals surface area contributed by atoms with Crippen molar-refractivity contribution in [3.63, 3.8) is 0 Å². The quantitative estimate of drug-likeness (QED) is 0.319. The Hall–Kier alpha value is -0.570. The Morgan fingerprint density at radius 2 is 1.30 bits per heavy atom. The molecular weight excluding hydrogens is 284 g/mol. The topological polar surface area (TPSA) is 24.8 Å². The van der Waals surface area contributed by atoms with Gasteiger partial charge in [0.15, 0.2) is 0 Å². The first kappa shape index (κ1) is 20.5. The molecule has 0 radical (unpaired) electrons. The minimum Gasteiger partial charge on any atom is -0.273 e. The summed E-state index contributed by atoms with van der Waals surface area (Å²) in [5.41, 5.74) is 0. The number of nitrogens with zero attached hydrogens (tertiary/aromatic N) is 2. The molecule has 0 saturated heterocycles. The van der Waals surface area contributed by atoms with E-state index in [2.05, 4.69) is 11.9 Å². The highest BCUT2D eigenvalue weighted by atomic mass is 16.7. The Bertz CT molecular complexity index is 291. The minimum atomic E-state index is 0.748. The summed E-state index contributed by atoms with van der Waals surface area (Å²) in [6.07, 6.45) is 19.4. The van der Waals surface area contributed by atoms with Crippen molar-refractivity contribution in [3.8, 4) is 0 Å². The summed E-state index contributed by atoms with van der Waals surface area (Å²) in [7, 11) is 0. The van der Waals surface area contributed by atoms with Gasteiger partial charge in [0.2, 0.25) is 0 Å². The lowest BCUT2D eigenvalue weighted by Gasteiger charge is -2.18. The van der Waals surface area contributed by atoms with E-state index in [9.17, 15) is 0 Å². The minimum absolute atomic E-state index is 0.748. The Labute approximate surface area is 144 Å². The summed E-state index contributed by atoms with van der Waals surface area (Å²) >= 11 is 0. The van der Waals surface area contributed by atoms with Gasteiger partial charge in [-0.15, -0.1) is 0 Å². The lowest BCUT2D eigenvalue weighted by atomic mass is 10.0. The van der Waals surface area contributed by atoms with Gasteiger partial charge in [-0.05, 0) is 13.3 Å². The summed E-state index contributed by atoms with van der Waals surface area (Å²) < 4.78 is 0. The standard InChI is InChI=1S/C20H40N2O/c1-3-5-6-7-8-9-10-11-12-13-14-15-16-17-20-21-18-19-22(20)23-4-2/h3-19H2,1-2H3. The molecule has 136 valence electrons. The smallest absolute Gasteiger partial charge is 0.123 e. The largest absolute Gasteiger partial charge is 0.273 e. The van der Waals surface area contributed by atoms with Gasteiger partial charge in [0.05, 0.1) is 19.7 Å². The van der Waals surface area contributed by atoms with Gasteiger partial charge in [-0.2, -0.15) is 0 Å². The molecule has 0 saturated carbocycles. The number of unbranched alkanes of at least 4 members (excludes halogenated alkanes) is 12. The molecule has 0 fully saturated rings. The molecule has 3 nitrogen and oxygen atoms in total. The van der Waals surface area contributed by atoms with Crippen LogP contribution in [0.3, 0.4) is 0 Å². The van der Waals surface area contributed by atoms with Crippen molar-refractivity contribution < 1.29 is 4.84 Å². The molecule has 0 aliphatic carbocycles. The molecule has 3 heteroatoms. The van der Waals surface area contributed by atoms with E-state index in [1.165, 1.54) is 89.3 Å². The molecule has 0 amide bonds. The molecule has 0 aromatic carbocycles. The second kappa shape index (κ2) is 15.0. The number of amidine groups is 1. The predicted octanol–water partition coefficient (Wildman–Crippen LogP) is 6.13. The van der Waals surface area contributed by atoms with Crippen LogP contribution < -0.4 is 0 Å². The van der Waals surface area contributed by atoms with Crippen molar-refractivity contribution in [2.75, 3.05) is 19.7 Å². The van der Waals surface area contributed by atoms with Crippen LogP contribution in [0.4, 0.5) is 0 Å². The third-order valence-corrected chi connectivity index (χ3v) is 4.67. The van der Waals surface area contributed by atoms with E-state index in [0.29, 0.717) is 0 Å². The Morgan fingerprint density at radius 3 is 1.83 bits per heavy atom. The van der Waals surface area contributed by atoms with Crippen LogP contribution in [-0.4, -0.2) is 30.6 Å². The van der Waals surface area contributed by atoms with Crippen molar-refractivity contribution in [1.29, 1.82) is 0 Å². The van der Waals surface area contributed by atoms with Crippen LogP contribution in [0.2, 0.25) is 0 Å². The van der Waals surface area contributed by atoms with Gasteiger partial charge in [-0.1, -0.05) is 84.0 Å². The van der Waals surface area contributed by atoms with Crippen molar-refractivity contribution in [3.05, 3.63) is 0 Å². The molecule has 1 rings (SSSR count). The van der Waals surface area contributed by atoms with E-state index in [1.54, 1.807) is 0 Å². The van der Waals surface area contributed by atoms with Crippen LogP contribution in [0.15, 0.2) is 4.99 Å². The molecular formula is C20H40N2O. The molecule has 23 heavy (non-hydrogen) atoms. The Morgan fingerprint density at radius 1 is 0.783 bits per heavy atom. The monoisotopic (exact) mass is 324 g/mol. The van der Waals surface area contributed by atoms with E-state index in [1.807, 2.05) is 12.0 Å². The molecule has 0 atom stereocenters. The number of aliphatic imine (C=N–C) groups is 1. The van der Waals surface area contributed by atoms with E-state index in [0.717, 1.165) is 26.1 Å². The molecule has 0 bridgehead atoms. The highest BCUT2D eigenvalue weighted by molar-refractivity contribution is 5.82. The SMILES string of the molecule is CCCCCCCCCCCCCCCC1=NCCN1OCC. The molecule has 1 heterocycles. The van der Waals surface area contributed by atoms with E-state index in [4.69, 9.17) is 4.84 Å². The fourth-order valence-corrected chi connectivity index (χ4v) is 3.28. The summed E-state index contributed by atoms with van der Waals surface area (Å²) in [4.78, 5) is 10.1. The van der Waals surface area contributed by atoms with Crippen molar-refractivity contribution >= 4 is 5.84 Å². The van der Waals surface area contributed by atoms with Gasteiger partial charge < -0.3 is 0 Å². The number of hydrogen-bond acceptors (Lipinski definition) is 3. The predicted molar refractivity (Wildman–Crippen MR) is 101 cm³/mol. The number of hydrogen-bond donors (Lipinski definition) is 0. The highest BCUT2D eigenvalue weighted by Gasteiger charge is 2.16. The maximum absolute atomic E-state index is 5.58. The summed E-state index contributed by atoms with van der Waals surface area (Å²) in [5.74, 6) is 1.18. The zero-order valence-corrected chi connectivity index (χ0v) is 15.8. The Balaban J connectivity index is 1.80. The number of hydroxylamine groups is 2. The van der Waals surface area contributed by atoms with Gasteiger partial charge in [-0.3, -0.25) is 9.83 Å². The second-order valence-corrected chi connectivity index (χ2v) is 6.81. The maximum atomic E-state index is 5.58. The average Bonchev–Trinajstić information content (AvgIpc) is 2.99. The normalized spacial score (nSPS) is 14.5. The summed E-state index contributed by atoms with van der Waals surface area (Å²) in [6.45, 7) is 6.93. The molecule has 0 spiro atoms. The van der Waals surface area contributed by atoms with Crippen LogP contribution in [0.5, 0.6) is 0 Å². The summed E-state index contributed by atoms with van der Waals surface area (Å²) in [5, 5.41) is 2.00. The highest BCUT2D eigenvalue weighted by Crippen LogP contribution is 2.14. The van der Waals surface area contributed by atoms with Crippen molar-refractivity contribution in [2.24, 2.45) is 4.99 Å². The Kier molecular flexibility index (Phi) is 13.3. The van der Waals surface area contributed by atoms with Crippen LogP contribution >= 0.6 is 0 Å². The third kappa shape index (κ3) is 10.8. The van der Waals surface area contributed by atoms with Crippen LogP contribution in [0.1, 0.15) is 104 Å². The van der Waals surface area contributed by atoms with E-state index >= 15 is 0 Å². The first-order valence-electron chi connectivity index (χ1n) is 10.3. The molecule has 1 aliphatic rings.